The van der Waals surface area contributed by atoms with E-state index in [4.69, 9.17) is 10.5 Å². The molecule has 0 atom stereocenters. The van der Waals surface area contributed by atoms with E-state index in [-0.39, 0.29) is 0 Å². The molecule has 10 nitrogen and oxygen atoms in total. The van der Waals surface area contributed by atoms with Crippen LogP contribution in [0.15, 0.2) is 24.4 Å². The van der Waals surface area contributed by atoms with Gasteiger partial charge in [0.1, 0.15) is 11.5 Å². The van der Waals surface area contributed by atoms with Gasteiger partial charge in [0.15, 0.2) is 0 Å². The number of nitrogens with two attached hydrogens (primary N) is 1. The minimum absolute atomic E-state index is 0.413. The lowest BCUT2D eigenvalue weighted by molar-refractivity contribution is 0.122. The van der Waals surface area contributed by atoms with Crippen LogP contribution in [0.25, 0.3) is 22.8 Å². The molecule has 3 aromatic rings. The largest absolute Gasteiger partial charge is 0.384 e. The number of hydrogen-bond donors (Lipinski definition) is 2. The normalized spacial score (nSPS) is 14.8. The number of aromatic nitrogens is 7. The molecule has 0 radical (unpaired) electrons. The topological polar surface area (TPSA) is 132 Å². The van der Waals surface area contributed by atoms with Gasteiger partial charge in [-0.3, -0.25) is 0 Å². The summed E-state index contributed by atoms with van der Waals surface area (Å²) in [6, 6.07) is 5.41. The lowest BCUT2D eigenvalue weighted by atomic mass is 10.2. The Morgan fingerprint density at radius 2 is 1.96 bits per heavy atom. The molecule has 1 aliphatic rings. The van der Waals surface area contributed by atoms with Crippen molar-refractivity contribution in [1.82, 2.24) is 35.6 Å². The van der Waals surface area contributed by atoms with Gasteiger partial charge in [0.2, 0.25) is 11.8 Å². The van der Waals surface area contributed by atoms with Gasteiger partial charge in [-0.1, -0.05) is 0 Å². The molecular formula is C14H15N9O. The second-order valence-corrected chi connectivity index (χ2v) is 5.24. The van der Waals surface area contributed by atoms with Crippen molar-refractivity contribution in [2.45, 2.75) is 0 Å². The third kappa shape index (κ3) is 2.86. The average molecular weight is 325 g/mol. The first-order chi connectivity index (χ1) is 11.8. The van der Waals surface area contributed by atoms with E-state index in [2.05, 4.69) is 40.5 Å². The molecule has 4 rings (SSSR count). The van der Waals surface area contributed by atoms with Gasteiger partial charge in [-0.25, -0.2) is 15.0 Å². The van der Waals surface area contributed by atoms with Crippen molar-refractivity contribution < 1.29 is 4.74 Å². The number of rotatable bonds is 3. The Bertz CT molecular complexity index is 813. The number of nitrogens with zero attached hydrogens (tertiary/aromatic N) is 7. The average Bonchev–Trinajstić information content (AvgIpc) is 3.17. The summed E-state index contributed by atoms with van der Waals surface area (Å²) in [5.74, 6) is 1.48. The summed E-state index contributed by atoms with van der Waals surface area (Å²) >= 11 is 0. The molecule has 0 saturated carbocycles. The predicted octanol–water partition coefficient (Wildman–Crippen LogP) is 0.137. The SMILES string of the molecule is Nc1ccc(-c2cc(-c3nn[nH]n3)nc(N3CCOCC3)n2)cn1. The van der Waals surface area contributed by atoms with Crippen molar-refractivity contribution in [1.29, 1.82) is 0 Å². The number of pyridine rings is 1. The molecule has 0 aliphatic carbocycles. The second kappa shape index (κ2) is 6.16. The van der Waals surface area contributed by atoms with Crippen molar-refractivity contribution in [3.8, 4) is 22.8 Å². The lowest BCUT2D eigenvalue weighted by Crippen LogP contribution is -2.37. The smallest absolute Gasteiger partial charge is 0.226 e. The minimum Gasteiger partial charge on any atom is -0.384 e. The van der Waals surface area contributed by atoms with E-state index < -0.39 is 0 Å². The Hall–Kier alpha value is -3.14. The van der Waals surface area contributed by atoms with Crippen LogP contribution in [0.1, 0.15) is 0 Å². The Balaban J connectivity index is 1.80. The van der Waals surface area contributed by atoms with Crippen molar-refractivity contribution >= 4 is 11.8 Å². The number of H-pyrrole nitrogens is 1. The number of ether oxygens (including phenoxy) is 1. The molecule has 1 aliphatic heterocycles. The summed E-state index contributed by atoms with van der Waals surface area (Å²) in [5.41, 5.74) is 7.81. The maximum absolute atomic E-state index is 5.66. The number of nitrogen functional groups attached to an aromatic ring is 1. The van der Waals surface area contributed by atoms with Crippen LogP contribution in [-0.2, 0) is 4.74 Å². The standard InChI is InChI=1S/C14H15N9O/c15-12-2-1-9(8-16-12)10-7-11(13-19-21-22-20-13)18-14(17-10)23-3-5-24-6-4-23/h1-2,7-8H,3-6H2,(H2,15,16)(H,19,20,21,22). The zero-order valence-corrected chi connectivity index (χ0v) is 12.8. The molecule has 1 fully saturated rings. The molecular weight excluding hydrogens is 310 g/mol. The van der Waals surface area contributed by atoms with Crippen LogP contribution < -0.4 is 10.6 Å². The van der Waals surface area contributed by atoms with E-state index >= 15 is 0 Å². The zero-order chi connectivity index (χ0) is 16.4. The van der Waals surface area contributed by atoms with Crippen LogP contribution in [0.2, 0.25) is 0 Å². The highest BCUT2D eigenvalue weighted by Crippen LogP contribution is 2.24. The molecule has 4 heterocycles. The van der Waals surface area contributed by atoms with E-state index in [0.717, 1.165) is 24.3 Å². The summed E-state index contributed by atoms with van der Waals surface area (Å²) in [6.07, 6.45) is 1.68. The predicted molar refractivity (Wildman–Crippen MR) is 85.9 cm³/mol. The highest BCUT2D eigenvalue weighted by Gasteiger charge is 2.18. The monoisotopic (exact) mass is 325 g/mol. The van der Waals surface area contributed by atoms with Crippen molar-refractivity contribution in [2.24, 2.45) is 0 Å². The third-order valence-electron chi connectivity index (χ3n) is 3.66. The summed E-state index contributed by atoms with van der Waals surface area (Å²) < 4.78 is 5.39. The van der Waals surface area contributed by atoms with Gasteiger partial charge in [0.05, 0.1) is 18.9 Å². The minimum atomic E-state index is 0.413. The molecule has 3 N–H and O–H groups in total. The number of tetrazole rings is 1. The number of nitrogens with one attached hydrogen (secondary N) is 1. The van der Waals surface area contributed by atoms with E-state index in [1.165, 1.54) is 0 Å². The fourth-order valence-electron chi connectivity index (χ4n) is 2.43. The van der Waals surface area contributed by atoms with Crippen molar-refractivity contribution in [3.05, 3.63) is 24.4 Å². The van der Waals surface area contributed by atoms with Crippen LogP contribution in [0, 0.1) is 0 Å². The maximum atomic E-state index is 5.66. The third-order valence-corrected chi connectivity index (χ3v) is 3.66. The van der Waals surface area contributed by atoms with Crippen LogP contribution >= 0.6 is 0 Å². The first-order valence-corrected chi connectivity index (χ1v) is 7.47. The highest BCUT2D eigenvalue weighted by atomic mass is 16.5. The summed E-state index contributed by atoms with van der Waals surface area (Å²) in [7, 11) is 0. The molecule has 0 amide bonds. The van der Waals surface area contributed by atoms with Crippen molar-refractivity contribution in [3.63, 3.8) is 0 Å². The molecule has 0 unspecified atom stereocenters. The second-order valence-electron chi connectivity index (χ2n) is 5.24. The van der Waals surface area contributed by atoms with Gasteiger partial charge < -0.3 is 15.4 Å². The molecule has 0 aromatic carbocycles. The lowest BCUT2D eigenvalue weighted by Gasteiger charge is -2.27. The van der Waals surface area contributed by atoms with Crippen LogP contribution in [0.4, 0.5) is 11.8 Å². The van der Waals surface area contributed by atoms with Gasteiger partial charge in [-0.15, -0.1) is 10.2 Å². The van der Waals surface area contributed by atoms with E-state index in [9.17, 15) is 0 Å². The first kappa shape index (κ1) is 14.5. The van der Waals surface area contributed by atoms with Gasteiger partial charge in [0.25, 0.3) is 0 Å². The Morgan fingerprint density at radius 3 is 2.67 bits per heavy atom. The van der Waals surface area contributed by atoms with Gasteiger partial charge in [-0.05, 0) is 23.4 Å². The summed E-state index contributed by atoms with van der Waals surface area (Å²) in [4.78, 5) is 15.4. The molecule has 0 spiro atoms. The maximum Gasteiger partial charge on any atom is 0.226 e. The fourth-order valence-corrected chi connectivity index (χ4v) is 2.43. The molecule has 24 heavy (non-hydrogen) atoms. The van der Waals surface area contributed by atoms with E-state index in [1.54, 1.807) is 12.3 Å². The number of morpholine rings is 1. The quantitative estimate of drug-likeness (QED) is 0.689. The van der Waals surface area contributed by atoms with Gasteiger partial charge >= 0.3 is 0 Å². The van der Waals surface area contributed by atoms with Crippen LogP contribution in [-0.4, -0.2) is 61.9 Å². The van der Waals surface area contributed by atoms with Crippen molar-refractivity contribution in [2.75, 3.05) is 36.9 Å². The molecule has 1 saturated heterocycles. The number of anilines is 2. The molecule has 122 valence electrons. The summed E-state index contributed by atoms with van der Waals surface area (Å²) in [6.45, 7) is 2.76. The fraction of sp³-hybridized carbons (Fsp3) is 0.286. The molecule has 10 heteroatoms. The zero-order valence-electron chi connectivity index (χ0n) is 12.8. The van der Waals surface area contributed by atoms with Crippen LogP contribution in [0.3, 0.4) is 0 Å². The molecule has 0 bridgehead atoms. The number of aromatic amines is 1. The molecule has 3 aromatic heterocycles. The first-order valence-electron chi connectivity index (χ1n) is 7.47. The van der Waals surface area contributed by atoms with Gasteiger partial charge in [-0.2, -0.15) is 5.21 Å². The Labute approximate surface area is 137 Å². The highest BCUT2D eigenvalue weighted by molar-refractivity contribution is 5.66. The Morgan fingerprint density at radius 1 is 1.12 bits per heavy atom. The summed E-state index contributed by atoms with van der Waals surface area (Å²) in [5, 5.41) is 14.0. The Kier molecular flexibility index (Phi) is 3.71. The number of hydrogen-bond acceptors (Lipinski definition) is 9. The van der Waals surface area contributed by atoms with E-state index in [0.29, 0.717) is 36.5 Å². The van der Waals surface area contributed by atoms with E-state index in [1.807, 2.05) is 12.1 Å². The van der Waals surface area contributed by atoms with Crippen LogP contribution in [0.5, 0.6) is 0 Å². The van der Waals surface area contributed by atoms with Gasteiger partial charge in [0, 0.05) is 24.8 Å².